The van der Waals surface area contributed by atoms with Crippen molar-refractivity contribution in [2.75, 3.05) is 31.5 Å². The molecule has 0 saturated heterocycles. The van der Waals surface area contributed by atoms with Gasteiger partial charge in [-0.3, -0.25) is 0 Å². The molecule has 20 heavy (non-hydrogen) atoms. The third kappa shape index (κ3) is 3.07. The van der Waals surface area contributed by atoms with Gasteiger partial charge in [0.25, 0.3) is 0 Å². The van der Waals surface area contributed by atoms with Crippen LogP contribution < -0.4 is 5.73 Å². The van der Waals surface area contributed by atoms with Crippen LogP contribution in [0.25, 0.3) is 11.0 Å². The van der Waals surface area contributed by atoms with E-state index < -0.39 is 0 Å². The maximum absolute atomic E-state index is 5.97. The number of fused-ring (bicyclic) bond motifs is 1. The van der Waals surface area contributed by atoms with Gasteiger partial charge in [-0.25, -0.2) is 9.97 Å². The molecule has 110 valence electrons. The molecule has 0 saturated carbocycles. The SMILES string of the molecule is COCCc1nc2c(N)ncc(C)c2n1CCCSC. The van der Waals surface area contributed by atoms with Crippen LogP contribution in [0.5, 0.6) is 0 Å². The van der Waals surface area contributed by atoms with Crippen molar-refractivity contribution in [2.24, 2.45) is 0 Å². The summed E-state index contributed by atoms with van der Waals surface area (Å²) in [6.45, 7) is 3.68. The molecule has 0 aliphatic carbocycles. The van der Waals surface area contributed by atoms with Gasteiger partial charge in [0.1, 0.15) is 11.3 Å². The van der Waals surface area contributed by atoms with E-state index in [4.69, 9.17) is 10.5 Å². The third-order valence-corrected chi connectivity index (χ3v) is 4.02. The van der Waals surface area contributed by atoms with Gasteiger partial charge in [-0.15, -0.1) is 0 Å². The maximum Gasteiger partial charge on any atom is 0.151 e. The van der Waals surface area contributed by atoms with Crippen LogP contribution in [-0.4, -0.2) is 40.3 Å². The Bertz CT molecular complexity index is 582. The minimum Gasteiger partial charge on any atom is -0.384 e. The molecule has 2 heterocycles. The molecule has 6 heteroatoms. The Kier molecular flexibility index (Phi) is 5.25. The Hall–Kier alpha value is -1.27. The predicted octanol–water partition coefficient (Wildman–Crippen LogP) is 2.26. The Morgan fingerprint density at radius 1 is 1.45 bits per heavy atom. The van der Waals surface area contributed by atoms with Gasteiger partial charge in [-0.1, -0.05) is 0 Å². The zero-order valence-corrected chi connectivity index (χ0v) is 13.2. The molecule has 2 aromatic rings. The smallest absolute Gasteiger partial charge is 0.151 e. The van der Waals surface area contributed by atoms with E-state index in [0.717, 1.165) is 47.6 Å². The van der Waals surface area contributed by atoms with Crippen LogP contribution in [-0.2, 0) is 17.7 Å². The summed E-state index contributed by atoms with van der Waals surface area (Å²) in [5.41, 5.74) is 9.02. The molecule has 2 rings (SSSR count). The Morgan fingerprint density at radius 3 is 2.95 bits per heavy atom. The van der Waals surface area contributed by atoms with Crippen LogP contribution in [0.4, 0.5) is 5.82 Å². The molecule has 5 nitrogen and oxygen atoms in total. The fraction of sp³-hybridized carbons (Fsp3) is 0.571. The van der Waals surface area contributed by atoms with Gasteiger partial charge in [0, 0.05) is 26.3 Å². The molecule has 0 radical (unpaired) electrons. The second-order valence-corrected chi connectivity index (χ2v) is 5.78. The second-order valence-electron chi connectivity index (χ2n) is 4.79. The van der Waals surface area contributed by atoms with E-state index >= 15 is 0 Å². The number of rotatable bonds is 7. The number of nitrogens with two attached hydrogens (primary N) is 1. The first-order valence-electron chi connectivity index (χ1n) is 6.77. The van der Waals surface area contributed by atoms with Crippen LogP contribution >= 0.6 is 11.8 Å². The number of hydrogen-bond donors (Lipinski definition) is 1. The number of pyridine rings is 1. The van der Waals surface area contributed by atoms with Crippen molar-refractivity contribution in [2.45, 2.75) is 26.3 Å². The maximum atomic E-state index is 5.97. The van der Waals surface area contributed by atoms with Crippen LogP contribution in [0.15, 0.2) is 6.20 Å². The molecule has 0 atom stereocenters. The van der Waals surface area contributed by atoms with Crippen molar-refractivity contribution in [3.05, 3.63) is 17.6 Å². The molecule has 0 bridgehead atoms. The lowest BCUT2D eigenvalue weighted by Crippen LogP contribution is -2.08. The number of nitrogen functional groups attached to an aromatic ring is 1. The van der Waals surface area contributed by atoms with Gasteiger partial charge in [0.2, 0.25) is 0 Å². The molecule has 0 aliphatic heterocycles. The largest absolute Gasteiger partial charge is 0.384 e. The minimum atomic E-state index is 0.507. The fourth-order valence-electron chi connectivity index (χ4n) is 2.36. The van der Waals surface area contributed by atoms with Gasteiger partial charge in [-0.05, 0) is 30.9 Å². The number of methoxy groups -OCH3 is 1. The average Bonchev–Trinajstić information content (AvgIpc) is 2.81. The van der Waals surface area contributed by atoms with Gasteiger partial charge < -0.3 is 15.0 Å². The van der Waals surface area contributed by atoms with Crippen molar-refractivity contribution in [1.29, 1.82) is 0 Å². The summed E-state index contributed by atoms with van der Waals surface area (Å²) in [4.78, 5) is 8.88. The first-order chi connectivity index (χ1) is 9.69. The molecule has 0 amide bonds. The first kappa shape index (κ1) is 15.1. The Morgan fingerprint density at radius 2 is 2.25 bits per heavy atom. The lowest BCUT2D eigenvalue weighted by molar-refractivity contribution is 0.199. The molecule has 0 aliphatic rings. The van der Waals surface area contributed by atoms with Crippen molar-refractivity contribution in [3.63, 3.8) is 0 Å². The van der Waals surface area contributed by atoms with E-state index in [9.17, 15) is 0 Å². The van der Waals surface area contributed by atoms with Crippen molar-refractivity contribution in [3.8, 4) is 0 Å². The summed E-state index contributed by atoms with van der Waals surface area (Å²) in [6.07, 6.45) is 5.87. The second kappa shape index (κ2) is 6.95. The van der Waals surface area contributed by atoms with Crippen molar-refractivity contribution in [1.82, 2.24) is 14.5 Å². The molecule has 2 N–H and O–H groups in total. The van der Waals surface area contributed by atoms with Crippen molar-refractivity contribution < 1.29 is 4.74 Å². The molecule has 0 fully saturated rings. The standard InChI is InChI=1S/C14H22N4OS/c1-10-9-16-14(15)12-13(10)18(6-4-8-20-3)11(17-12)5-7-19-2/h9H,4-8H2,1-3H3,(H2,15,16). The minimum absolute atomic E-state index is 0.507. The highest BCUT2D eigenvalue weighted by molar-refractivity contribution is 7.98. The zero-order valence-electron chi connectivity index (χ0n) is 12.3. The summed E-state index contributed by atoms with van der Waals surface area (Å²) in [6, 6.07) is 0. The predicted molar refractivity (Wildman–Crippen MR) is 85.3 cm³/mol. The summed E-state index contributed by atoms with van der Waals surface area (Å²) >= 11 is 1.86. The highest BCUT2D eigenvalue weighted by Gasteiger charge is 2.15. The molecule has 0 unspecified atom stereocenters. The third-order valence-electron chi connectivity index (χ3n) is 3.32. The molecule has 2 aromatic heterocycles. The summed E-state index contributed by atoms with van der Waals surface area (Å²) in [5.74, 6) is 2.68. The number of ether oxygens (including phenoxy) is 1. The zero-order chi connectivity index (χ0) is 14.5. The number of aromatic nitrogens is 3. The number of aryl methyl sites for hydroxylation is 2. The fourth-order valence-corrected chi connectivity index (χ4v) is 2.78. The average molecular weight is 294 g/mol. The van der Waals surface area contributed by atoms with E-state index in [0.29, 0.717) is 12.4 Å². The lowest BCUT2D eigenvalue weighted by Gasteiger charge is -2.10. The molecular weight excluding hydrogens is 272 g/mol. The van der Waals surface area contributed by atoms with Gasteiger partial charge >= 0.3 is 0 Å². The number of anilines is 1. The molecule has 0 spiro atoms. The van der Waals surface area contributed by atoms with E-state index in [1.165, 1.54) is 0 Å². The van der Waals surface area contributed by atoms with E-state index in [1.807, 2.05) is 18.0 Å². The van der Waals surface area contributed by atoms with E-state index in [2.05, 4.69) is 27.7 Å². The summed E-state index contributed by atoms with van der Waals surface area (Å²) in [7, 11) is 1.71. The van der Waals surface area contributed by atoms with Crippen LogP contribution in [0.1, 0.15) is 17.8 Å². The highest BCUT2D eigenvalue weighted by atomic mass is 32.2. The topological polar surface area (TPSA) is 66.0 Å². The molecular formula is C14H22N4OS. The molecule has 0 aromatic carbocycles. The van der Waals surface area contributed by atoms with Crippen molar-refractivity contribution >= 4 is 28.6 Å². The summed E-state index contributed by atoms with van der Waals surface area (Å²) in [5, 5.41) is 0. The van der Waals surface area contributed by atoms with Gasteiger partial charge in [0.05, 0.1) is 12.1 Å². The van der Waals surface area contributed by atoms with Gasteiger partial charge in [0.15, 0.2) is 5.82 Å². The highest BCUT2D eigenvalue weighted by Crippen LogP contribution is 2.24. The number of nitrogens with zero attached hydrogens (tertiary/aromatic N) is 3. The van der Waals surface area contributed by atoms with Crippen LogP contribution in [0.2, 0.25) is 0 Å². The first-order valence-corrected chi connectivity index (χ1v) is 8.16. The Labute approximate surface area is 123 Å². The van der Waals surface area contributed by atoms with Crippen LogP contribution in [0.3, 0.4) is 0 Å². The normalized spacial score (nSPS) is 11.3. The quantitative estimate of drug-likeness (QED) is 0.794. The van der Waals surface area contributed by atoms with E-state index in [-0.39, 0.29) is 0 Å². The Balaban J connectivity index is 2.44. The number of hydrogen-bond acceptors (Lipinski definition) is 5. The summed E-state index contributed by atoms with van der Waals surface area (Å²) < 4.78 is 7.45. The van der Waals surface area contributed by atoms with Crippen LogP contribution in [0, 0.1) is 6.92 Å². The lowest BCUT2D eigenvalue weighted by atomic mass is 10.2. The van der Waals surface area contributed by atoms with Gasteiger partial charge in [-0.2, -0.15) is 11.8 Å². The number of thioether (sulfide) groups is 1. The van der Waals surface area contributed by atoms with E-state index in [1.54, 1.807) is 7.11 Å². The number of imidazole rings is 1. The monoisotopic (exact) mass is 294 g/mol.